The van der Waals surface area contributed by atoms with Crippen molar-refractivity contribution in [3.63, 3.8) is 0 Å². The van der Waals surface area contributed by atoms with Crippen LogP contribution in [0.5, 0.6) is 5.75 Å². The summed E-state index contributed by atoms with van der Waals surface area (Å²) in [5.74, 6) is 0.0765. The van der Waals surface area contributed by atoms with Gasteiger partial charge in [0.25, 0.3) is 0 Å². The smallest absolute Gasteiger partial charge is 0.422 e. The minimum absolute atomic E-state index is 0.0765. The lowest BCUT2D eigenvalue weighted by molar-refractivity contribution is -0.153. The van der Waals surface area contributed by atoms with Gasteiger partial charge in [0, 0.05) is 0 Å². The van der Waals surface area contributed by atoms with Crippen molar-refractivity contribution in [2.75, 3.05) is 6.61 Å². The van der Waals surface area contributed by atoms with Crippen LogP contribution in [0.2, 0.25) is 0 Å². The minimum atomic E-state index is -4.37. The molecule has 5 nitrogen and oxygen atoms in total. The predicted octanol–water partition coefficient (Wildman–Crippen LogP) is 1.50. The van der Waals surface area contributed by atoms with Gasteiger partial charge in [0.15, 0.2) is 6.61 Å². The molecule has 0 fully saturated rings. The van der Waals surface area contributed by atoms with Gasteiger partial charge in [-0.2, -0.15) is 18.3 Å². The summed E-state index contributed by atoms with van der Waals surface area (Å²) in [6, 6.07) is 5.62. The number of hydrogen-bond donors (Lipinski definition) is 1. The summed E-state index contributed by atoms with van der Waals surface area (Å²) in [5.41, 5.74) is 0.0482. The lowest BCUT2D eigenvalue weighted by Gasteiger charge is -2.09. The van der Waals surface area contributed by atoms with Crippen LogP contribution in [-0.4, -0.2) is 27.5 Å². The van der Waals surface area contributed by atoms with Crippen LogP contribution in [-0.2, 0) is 0 Å². The fourth-order valence-electron chi connectivity index (χ4n) is 1.30. The second-order valence-electron chi connectivity index (χ2n) is 3.43. The molecule has 0 saturated heterocycles. The standard InChI is InChI=1S/C10H8F3N3O2/c11-10(12,13)5-18-8-3-1-7(2-4-8)16-6-14-15-9(16)17/h1-4,6H,5H2,(H,15,17). The maximum Gasteiger partial charge on any atom is 0.422 e. The summed E-state index contributed by atoms with van der Waals surface area (Å²) in [6.07, 6.45) is -3.10. The van der Waals surface area contributed by atoms with Gasteiger partial charge in [0.05, 0.1) is 5.69 Å². The lowest BCUT2D eigenvalue weighted by atomic mass is 10.3. The molecule has 1 N–H and O–H groups in total. The highest BCUT2D eigenvalue weighted by Crippen LogP contribution is 2.19. The molecule has 1 aromatic carbocycles. The van der Waals surface area contributed by atoms with Crippen LogP contribution >= 0.6 is 0 Å². The van der Waals surface area contributed by atoms with Gasteiger partial charge in [-0.1, -0.05) is 0 Å². The quantitative estimate of drug-likeness (QED) is 0.908. The molecule has 0 saturated carbocycles. The zero-order valence-corrected chi connectivity index (χ0v) is 8.94. The Hall–Kier alpha value is -2.25. The van der Waals surface area contributed by atoms with Gasteiger partial charge in [-0.05, 0) is 24.3 Å². The topological polar surface area (TPSA) is 59.9 Å². The van der Waals surface area contributed by atoms with E-state index in [1.807, 2.05) is 0 Å². The van der Waals surface area contributed by atoms with Crippen molar-refractivity contribution in [3.05, 3.63) is 41.1 Å². The third-order valence-electron chi connectivity index (χ3n) is 2.07. The van der Waals surface area contributed by atoms with Crippen molar-refractivity contribution in [3.8, 4) is 11.4 Å². The van der Waals surface area contributed by atoms with Crippen LogP contribution in [0.1, 0.15) is 0 Å². The molecule has 0 amide bonds. The van der Waals surface area contributed by atoms with E-state index in [0.717, 1.165) is 0 Å². The Labute approximate surface area is 98.8 Å². The molecule has 1 heterocycles. The molecule has 0 aliphatic carbocycles. The maximum absolute atomic E-state index is 11.9. The summed E-state index contributed by atoms with van der Waals surface area (Å²) in [5, 5.41) is 5.74. The molecule has 18 heavy (non-hydrogen) atoms. The van der Waals surface area contributed by atoms with Gasteiger partial charge < -0.3 is 4.74 Å². The van der Waals surface area contributed by atoms with Crippen LogP contribution < -0.4 is 10.4 Å². The zero-order valence-electron chi connectivity index (χ0n) is 8.94. The van der Waals surface area contributed by atoms with Gasteiger partial charge in [-0.3, -0.25) is 0 Å². The van der Waals surface area contributed by atoms with Crippen molar-refractivity contribution >= 4 is 0 Å². The summed E-state index contributed by atoms with van der Waals surface area (Å²) < 4.78 is 41.5. The number of ether oxygens (including phenoxy) is 1. The largest absolute Gasteiger partial charge is 0.484 e. The first-order valence-corrected chi connectivity index (χ1v) is 4.88. The maximum atomic E-state index is 11.9. The van der Waals surface area contributed by atoms with E-state index in [-0.39, 0.29) is 5.75 Å². The average molecular weight is 259 g/mol. The van der Waals surface area contributed by atoms with E-state index in [4.69, 9.17) is 0 Å². The zero-order chi connectivity index (χ0) is 13.2. The summed E-state index contributed by atoms with van der Waals surface area (Å²) >= 11 is 0. The second-order valence-corrected chi connectivity index (χ2v) is 3.43. The highest BCUT2D eigenvalue weighted by molar-refractivity contribution is 5.36. The van der Waals surface area contributed by atoms with Crippen molar-refractivity contribution in [1.29, 1.82) is 0 Å². The molecular formula is C10H8F3N3O2. The van der Waals surface area contributed by atoms with Crippen LogP contribution in [0.25, 0.3) is 5.69 Å². The van der Waals surface area contributed by atoms with Crippen LogP contribution in [0.15, 0.2) is 35.4 Å². The number of halogens is 3. The summed E-state index contributed by atoms with van der Waals surface area (Å²) in [4.78, 5) is 11.2. The normalized spacial score (nSPS) is 11.5. The molecular weight excluding hydrogens is 251 g/mol. The van der Waals surface area contributed by atoms with E-state index in [2.05, 4.69) is 14.9 Å². The Morgan fingerprint density at radius 1 is 1.28 bits per heavy atom. The summed E-state index contributed by atoms with van der Waals surface area (Å²) in [7, 11) is 0. The summed E-state index contributed by atoms with van der Waals surface area (Å²) in [6.45, 7) is -1.35. The van der Waals surface area contributed by atoms with E-state index >= 15 is 0 Å². The number of rotatable bonds is 3. The molecule has 2 aromatic rings. The van der Waals surface area contributed by atoms with Crippen molar-refractivity contribution < 1.29 is 17.9 Å². The van der Waals surface area contributed by atoms with E-state index in [0.29, 0.717) is 5.69 Å². The second kappa shape index (κ2) is 4.55. The monoisotopic (exact) mass is 259 g/mol. The van der Waals surface area contributed by atoms with Gasteiger partial charge in [0.2, 0.25) is 0 Å². The molecule has 0 aliphatic heterocycles. The Bertz CT molecular complexity index is 571. The van der Waals surface area contributed by atoms with Gasteiger partial charge in [-0.25, -0.2) is 14.5 Å². The first-order chi connectivity index (χ1) is 8.46. The number of H-pyrrole nitrogens is 1. The molecule has 96 valence electrons. The van der Waals surface area contributed by atoms with E-state index in [1.165, 1.54) is 35.2 Å². The van der Waals surface area contributed by atoms with Crippen molar-refractivity contribution in [1.82, 2.24) is 14.8 Å². The first-order valence-electron chi connectivity index (χ1n) is 4.88. The number of nitrogens with zero attached hydrogens (tertiary/aromatic N) is 2. The SMILES string of the molecule is O=c1[nH]ncn1-c1ccc(OCC(F)(F)F)cc1. The molecule has 0 unspecified atom stereocenters. The van der Waals surface area contributed by atoms with Crippen LogP contribution in [0.4, 0.5) is 13.2 Å². The van der Waals surface area contributed by atoms with E-state index in [9.17, 15) is 18.0 Å². The number of alkyl halides is 3. The average Bonchev–Trinajstić information content (AvgIpc) is 2.73. The lowest BCUT2D eigenvalue weighted by Crippen LogP contribution is -2.19. The number of aromatic amines is 1. The first kappa shape index (κ1) is 12.2. The van der Waals surface area contributed by atoms with E-state index in [1.54, 1.807) is 0 Å². The van der Waals surface area contributed by atoms with Crippen LogP contribution in [0.3, 0.4) is 0 Å². The van der Waals surface area contributed by atoms with Gasteiger partial charge in [-0.15, -0.1) is 0 Å². The molecule has 0 atom stereocenters. The third-order valence-corrected chi connectivity index (χ3v) is 2.07. The number of hydrogen-bond acceptors (Lipinski definition) is 3. The van der Waals surface area contributed by atoms with Crippen molar-refractivity contribution in [2.45, 2.75) is 6.18 Å². The number of benzene rings is 1. The molecule has 0 bridgehead atoms. The third kappa shape index (κ3) is 2.90. The number of nitrogens with one attached hydrogen (secondary N) is 1. The van der Waals surface area contributed by atoms with E-state index < -0.39 is 18.5 Å². The predicted molar refractivity (Wildman–Crippen MR) is 55.7 cm³/mol. The molecule has 8 heteroatoms. The fraction of sp³-hybridized carbons (Fsp3) is 0.200. The Balaban J connectivity index is 2.11. The highest BCUT2D eigenvalue weighted by atomic mass is 19.4. The molecule has 2 rings (SSSR count). The Morgan fingerprint density at radius 3 is 2.44 bits per heavy atom. The molecule has 0 spiro atoms. The van der Waals surface area contributed by atoms with Crippen LogP contribution in [0, 0.1) is 0 Å². The van der Waals surface area contributed by atoms with Gasteiger partial charge in [0.1, 0.15) is 12.1 Å². The number of aromatic nitrogens is 3. The highest BCUT2D eigenvalue weighted by Gasteiger charge is 2.28. The van der Waals surface area contributed by atoms with Gasteiger partial charge >= 0.3 is 11.9 Å². The Kier molecular flexibility index (Phi) is 3.09. The van der Waals surface area contributed by atoms with Crippen molar-refractivity contribution in [2.24, 2.45) is 0 Å². The molecule has 0 aliphatic rings. The fourth-order valence-corrected chi connectivity index (χ4v) is 1.30. The molecule has 1 aromatic heterocycles. The minimum Gasteiger partial charge on any atom is -0.484 e. The molecule has 0 radical (unpaired) electrons. The Morgan fingerprint density at radius 2 is 1.94 bits per heavy atom.